The molecule has 2 saturated heterocycles. The van der Waals surface area contributed by atoms with Crippen molar-refractivity contribution < 1.29 is 4.39 Å². The molecule has 31 heavy (non-hydrogen) atoms. The second-order valence-electron chi connectivity index (χ2n) is 8.47. The Hall–Kier alpha value is -2.91. The first-order chi connectivity index (χ1) is 15.2. The van der Waals surface area contributed by atoms with E-state index in [0.29, 0.717) is 35.2 Å². The fraction of sp³-hybridized carbons (Fsp3) is 0.440. The number of piperidine rings is 1. The molecule has 2 atom stereocenters. The Morgan fingerprint density at radius 3 is 2.58 bits per heavy atom. The number of nitriles is 1. The summed E-state index contributed by atoms with van der Waals surface area (Å²) < 4.78 is 14.1. The fourth-order valence-electron chi connectivity index (χ4n) is 4.89. The molecular weight excluding hydrogens is 389 g/mol. The number of halogens is 1. The minimum atomic E-state index is -0.328. The fourth-order valence-corrected chi connectivity index (χ4v) is 4.89. The summed E-state index contributed by atoms with van der Waals surface area (Å²) in [6.45, 7) is 3.99. The van der Waals surface area contributed by atoms with Crippen LogP contribution in [0.2, 0.25) is 0 Å². The van der Waals surface area contributed by atoms with Gasteiger partial charge in [0.2, 0.25) is 0 Å². The first kappa shape index (κ1) is 21.3. The van der Waals surface area contributed by atoms with Crippen LogP contribution >= 0.6 is 0 Å². The number of nitrogens with one attached hydrogen (secondary N) is 2. The highest BCUT2D eigenvalue weighted by molar-refractivity contribution is 5.80. The van der Waals surface area contributed by atoms with Crippen molar-refractivity contribution >= 4 is 5.96 Å². The van der Waals surface area contributed by atoms with Crippen molar-refractivity contribution in [2.75, 3.05) is 6.54 Å². The molecule has 0 saturated carbocycles. The van der Waals surface area contributed by atoms with Gasteiger partial charge in [-0.1, -0.05) is 30.3 Å². The van der Waals surface area contributed by atoms with Gasteiger partial charge in [0.25, 0.3) is 0 Å². The minimum absolute atomic E-state index is 0.205. The molecule has 2 heterocycles. The Kier molecular flexibility index (Phi) is 6.83. The minimum Gasteiger partial charge on any atom is -0.357 e. The molecule has 2 aliphatic heterocycles. The van der Waals surface area contributed by atoms with Gasteiger partial charge in [-0.2, -0.15) is 5.26 Å². The SMILES string of the molecule is CCNC(=NCc1cc(C#N)ccc1F)NC1CC2CCC(C1)N2Cc1ccccc1. The topological polar surface area (TPSA) is 63.5 Å². The molecule has 2 fully saturated rings. The number of fused-ring (bicyclic) bond motifs is 2. The van der Waals surface area contributed by atoms with Crippen LogP contribution in [0.25, 0.3) is 0 Å². The highest BCUT2D eigenvalue weighted by Gasteiger charge is 2.40. The number of rotatable bonds is 6. The molecule has 2 aliphatic rings. The van der Waals surface area contributed by atoms with E-state index < -0.39 is 0 Å². The van der Waals surface area contributed by atoms with Crippen LogP contribution in [-0.2, 0) is 13.1 Å². The van der Waals surface area contributed by atoms with Gasteiger partial charge in [0, 0.05) is 36.8 Å². The molecule has 2 unspecified atom stereocenters. The maximum absolute atomic E-state index is 14.1. The van der Waals surface area contributed by atoms with Crippen LogP contribution in [0, 0.1) is 17.1 Å². The molecule has 0 radical (unpaired) electrons. The molecule has 2 aromatic carbocycles. The number of aliphatic imine (C=N–C) groups is 1. The average molecular weight is 420 g/mol. The molecule has 5 nitrogen and oxygen atoms in total. The Balaban J connectivity index is 1.39. The molecule has 0 spiro atoms. The van der Waals surface area contributed by atoms with Gasteiger partial charge < -0.3 is 10.6 Å². The third-order valence-electron chi connectivity index (χ3n) is 6.36. The van der Waals surface area contributed by atoms with Gasteiger partial charge in [-0.25, -0.2) is 9.38 Å². The van der Waals surface area contributed by atoms with Crippen LogP contribution in [0.4, 0.5) is 4.39 Å². The molecule has 162 valence electrons. The van der Waals surface area contributed by atoms with Crippen LogP contribution in [0.3, 0.4) is 0 Å². The maximum Gasteiger partial charge on any atom is 0.191 e. The monoisotopic (exact) mass is 419 g/mol. The lowest BCUT2D eigenvalue weighted by Gasteiger charge is -2.39. The number of guanidine groups is 1. The highest BCUT2D eigenvalue weighted by atomic mass is 19.1. The molecular formula is C25H30FN5. The van der Waals surface area contributed by atoms with Gasteiger partial charge in [0.15, 0.2) is 5.96 Å². The van der Waals surface area contributed by atoms with Crippen molar-refractivity contribution in [1.29, 1.82) is 5.26 Å². The second-order valence-corrected chi connectivity index (χ2v) is 8.47. The van der Waals surface area contributed by atoms with Crippen molar-refractivity contribution in [2.45, 2.75) is 63.8 Å². The van der Waals surface area contributed by atoms with E-state index in [1.807, 2.05) is 6.92 Å². The van der Waals surface area contributed by atoms with Crippen molar-refractivity contribution in [1.82, 2.24) is 15.5 Å². The van der Waals surface area contributed by atoms with E-state index in [2.05, 4.69) is 56.9 Å². The largest absolute Gasteiger partial charge is 0.357 e. The molecule has 0 aliphatic carbocycles. The van der Waals surface area contributed by atoms with Crippen LogP contribution in [0.1, 0.15) is 49.3 Å². The standard InChI is InChI=1S/C25H30FN5/c1-2-28-25(29-16-20-12-19(15-27)8-11-24(20)26)30-21-13-22-9-10-23(14-21)31(22)17-18-6-4-3-5-7-18/h3-8,11-12,21-23H,2,9-10,13-14,16-17H2,1H3,(H2,28,29,30). The van der Waals surface area contributed by atoms with E-state index in [0.717, 1.165) is 25.9 Å². The van der Waals surface area contributed by atoms with E-state index in [-0.39, 0.29) is 12.4 Å². The molecule has 4 rings (SSSR count). The summed E-state index contributed by atoms with van der Waals surface area (Å²) in [6.07, 6.45) is 4.67. The maximum atomic E-state index is 14.1. The molecule has 0 aromatic heterocycles. The predicted octanol–water partition coefficient (Wildman–Crippen LogP) is 3.95. The molecule has 6 heteroatoms. The predicted molar refractivity (Wildman–Crippen MR) is 121 cm³/mol. The number of nitrogens with zero attached hydrogens (tertiary/aromatic N) is 3. The van der Waals surface area contributed by atoms with Gasteiger partial charge in [0.05, 0.1) is 18.2 Å². The third-order valence-corrected chi connectivity index (χ3v) is 6.36. The number of benzene rings is 2. The summed E-state index contributed by atoms with van der Waals surface area (Å²) in [6, 6.07) is 18.7. The zero-order chi connectivity index (χ0) is 21.6. The lowest BCUT2D eigenvalue weighted by atomic mass is 9.96. The third kappa shape index (κ3) is 5.23. The van der Waals surface area contributed by atoms with Crippen molar-refractivity contribution in [2.24, 2.45) is 4.99 Å². The second kappa shape index (κ2) is 9.93. The molecule has 2 aromatic rings. The quantitative estimate of drug-likeness (QED) is 0.550. The summed E-state index contributed by atoms with van der Waals surface area (Å²) >= 11 is 0. The number of hydrogen-bond acceptors (Lipinski definition) is 3. The van der Waals surface area contributed by atoms with Gasteiger partial charge in [-0.05, 0) is 56.4 Å². The van der Waals surface area contributed by atoms with Crippen molar-refractivity contribution in [3.05, 3.63) is 71.0 Å². The lowest BCUT2D eigenvalue weighted by Crippen LogP contribution is -2.52. The zero-order valence-corrected chi connectivity index (χ0v) is 18.0. The van der Waals surface area contributed by atoms with Gasteiger partial charge >= 0.3 is 0 Å². The highest BCUT2D eigenvalue weighted by Crippen LogP contribution is 2.36. The van der Waals surface area contributed by atoms with Crippen LogP contribution in [0.5, 0.6) is 0 Å². The Labute approximate surface area is 184 Å². The van der Waals surface area contributed by atoms with E-state index in [1.165, 1.54) is 30.5 Å². The smallest absolute Gasteiger partial charge is 0.191 e. The van der Waals surface area contributed by atoms with Crippen LogP contribution in [0.15, 0.2) is 53.5 Å². The van der Waals surface area contributed by atoms with Gasteiger partial charge in [0.1, 0.15) is 5.82 Å². The van der Waals surface area contributed by atoms with E-state index in [4.69, 9.17) is 5.26 Å². The summed E-state index contributed by atoms with van der Waals surface area (Å²) in [5.74, 6) is 0.385. The molecule has 2 bridgehead atoms. The van der Waals surface area contributed by atoms with Crippen LogP contribution in [-0.4, -0.2) is 35.5 Å². The average Bonchev–Trinajstić information content (AvgIpc) is 3.01. The summed E-state index contributed by atoms with van der Waals surface area (Å²) in [5, 5.41) is 15.9. The molecule has 0 amide bonds. The normalized spacial score (nSPS) is 23.4. The number of hydrogen-bond donors (Lipinski definition) is 2. The van der Waals surface area contributed by atoms with Gasteiger partial charge in [-0.15, -0.1) is 0 Å². The summed E-state index contributed by atoms with van der Waals surface area (Å²) in [4.78, 5) is 7.27. The van der Waals surface area contributed by atoms with Crippen molar-refractivity contribution in [3.63, 3.8) is 0 Å². The summed E-state index contributed by atoms with van der Waals surface area (Å²) in [7, 11) is 0. The van der Waals surface area contributed by atoms with E-state index in [1.54, 1.807) is 6.07 Å². The Bertz CT molecular complexity index is 938. The molecule has 2 N–H and O–H groups in total. The first-order valence-corrected chi connectivity index (χ1v) is 11.2. The van der Waals surface area contributed by atoms with Crippen LogP contribution < -0.4 is 10.6 Å². The Morgan fingerprint density at radius 2 is 1.90 bits per heavy atom. The van der Waals surface area contributed by atoms with E-state index >= 15 is 0 Å². The van der Waals surface area contributed by atoms with Crippen molar-refractivity contribution in [3.8, 4) is 6.07 Å². The lowest BCUT2D eigenvalue weighted by molar-refractivity contribution is 0.114. The Morgan fingerprint density at radius 1 is 1.16 bits per heavy atom. The summed E-state index contributed by atoms with van der Waals surface area (Å²) in [5.41, 5.74) is 2.27. The van der Waals surface area contributed by atoms with Gasteiger partial charge in [-0.3, -0.25) is 4.90 Å². The zero-order valence-electron chi connectivity index (χ0n) is 18.0. The first-order valence-electron chi connectivity index (χ1n) is 11.2. The van der Waals surface area contributed by atoms with E-state index in [9.17, 15) is 4.39 Å².